The smallest absolute Gasteiger partial charge is 0.322 e. The predicted molar refractivity (Wildman–Crippen MR) is 93.0 cm³/mol. The Morgan fingerprint density at radius 1 is 1.22 bits per heavy atom. The number of nitrogens with zero attached hydrogens (tertiary/aromatic N) is 2. The molecule has 7 heteroatoms. The molecule has 0 saturated carbocycles. The van der Waals surface area contributed by atoms with E-state index in [1.807, 2.05) is 35.7 Å². The zero-order valence-electron chi connectivity index (χ0n) is 12.6. The Kier molecular flexibility index (Phi) is 4.78. The van der Waals surface area contributed by atoms with Crippen LogP contribution in [0.25, 0.3) is 11.5 Å². The lowest BCUT2D eigenvalue weighted by Gasteiger charge is -2.04. The van der Waals surface area contributed by atoms with Gasteiger partial charge in [0.25, 0.3) is 5.91 Å². The molecule has 0 radical (unpaired) electrons. The van der Waals surface area contributed by atoms with E-state index in [0.717, 1.165) is 5.56 Å². The minimum absolute atomic E-state index is 0.0963. The Morgan fingerprint density at radius 3 is 2.65 bits per heavy atom. The molecule has 23 heavy (non-hydrogen) atoms. The van der Waals surface area contributed by atoms with Crippen molar-refractivity contribution in [3.8, 4) is 11.5 Å². The first-order valence-corrected chi connectivity index (χ1v) is 8.83. The zero-order valence-corrected chi connectivity index (χ0v) is 14.3. The molecule has 3 aromatic rings. The maximum Gasteiger partial charge on any atom is 0.322 e. The number of aromatic nitrogens is 2. The third kappa shape index (κ3) is 4.00. The van der Waals surface area contributed by atoms with E-state index in [9.17, 15) is 4.79 Å². The number of carbonyl (C=O) groups excluding carboxylic acids is 1. The van der Waals surface area contributed by atoms with Crippen LogP contribution in [0.3, 0.4) is 0 Å². The third-order valence-electron chi connectivity index (χ3n) is 2.86. The zero-order chi connectivity index (χ0) is 16.2. The van der Waals surface area contributed by atoms with Crippen molar-refractivity contribution in [1.29, 1.82) is 0 Å². The molecular formula is C16H15N3O2S2. The number of hydrogen-bond acceptors (Lipinski definition) is 6. The van der Waals surface area contributed by atoms with Crippen molar-refractivity contribution in [2.24, 2.45) is 0 Å². The molecule has 0 unspecified atom stereocenters. The van der Waals surface area contributed by atoms with Crippen LogP contribution in [0.15, 0.2) is 51.1 Å². The summed E-state index contributed by atoms with van der Waals surface area (Å²) in [7, 11) is 0. The summed E-state index contributed by atoms with van der Waals surface area (Å²) in [5.74, 6) is 0.131. The summed E-state index contributed by atoms with van der Waals surface area (Å²) in [6.45, 7) is 4.30. The second kappa shape index (κ2) is 6.97. The fraction of sp³-hybridized carbons (Fsp3) is 0.188. The summed E-state index contributed by atoms with van der Waals surface area (Å²) in [5.41, 5.74) is 0.822. The number of rotatable bonds is 5. The highest BCUT2D eigenvalue weighted by atomic mass is 32.2. The van der Waals surface area contributed by atoms with Crippen molar-refractivity contribution in [2.45, 2.75) is 24.0 Å². The normalized spacial score (nSPS) is 10.9. The topological polar surface area (TPSA) is 68.0 Å². The predicted octanol–water partition coefficient (Wildman–Crippen LogP) is 4.55. The van der Waals surface area contributed by atoms with E-state index in [1.165, 1.54) is 16.2 Å². The number of carbonyl (C=O) groups is 1. The van der Waals surface area contributed by atoms with Gasteiger partial charge in [-0.25, -0.2) is 0 Å². The third-order valence-corrected chi connectivity index (χ3v) is 4.75. The summed E-state index contributed by atoms with van der Waals surface area (Å²) >= 11 is 3.15. The Labute approximate surface area is 142 Å². The first-order chi connectivity index (χ1) is 11.1. The number of anilines is 1. The molecule has 0 fully saturated rings. The molecule has 0 aliphatic rings. The molecule has 3 rings (SSSR count). The maximum absolute atomic E-state index is 11.9. The second-order valence-electron chi connectivity index (χ2n) is 5.03. The van der Waals surface area contributed by atoms with Crippen molar-refractivity contribution in [2.75, 3.05) is 5.32 Å². The van der Waals surface area contributed by atoms with Crippen molar-refractivity contribution < 1.29 is 9.21 Å². The van der Waals surface area contributed by atoms with Crippen LogP contribution in [0.5, 0.6) is 0 Å². The second-order valence-corrected chi connectivity index (χ2v) is 7.63. The number of amides is 1. The molecule has 0 saturated heterocycles. The summed E-state index contributed by atoms with van der Waals surface area (Å²) < 4.78 is 5.50. The molecule has 1 N–H and O–H groups in total. The van der Waals surface area contributed by atoms with Crippen LogP contribution in [0, 0.1) is 0 Å². The van der Waals surface area contributed by atoms with Gasteiger partial charge in [0.2, 0.25) is 5.89 Å². The highest BCUT2D eigenvalue weighted by Gasteiger charge is 2.13. The van der Waals surface area contributed by atoms with Crippen LogP contribution in [-0.2, 0) is 0 Å². The van der Waals surface area contributed by atoms with Crippen LogP contribution in [-0.4, -0.2) is 21.4 Å². The minimum atomic E-state index is -0.251. The molecule has 1 amide bonds. The van der Waals surface area contributed by atoms with Crippen LogP contribution >= 0.6 is 23.1 Å². The van der Waals surface area contributed by atoms with Crippen molar-refractivity contribution >= 4 is 35.0 Å². The highest BCUT2D eigenvalue weighted by molar-refractivity contribution is 7.99. The van der Waals surface area contributed by atoms with Gasteiger partial charge in [-0.3, -0.25) is 10.1 Å². The largest absolute Gasteiger partial charge is 0.403 e. The van der Waals surface area contributed by atoms with E-state index in [1.54, 1.807) is 17.8 Å². The molecule has 5 nitrogen and oxygen atoms in total. The summed E-state index contributed by atoms with van der Waals surface area (Å²) in [4.78, 5) is 13.7. The monoisotopic (exact) mass is 345 g/mol. The Balaban J connectivity index is 1.70. The standard InChI is InChI=1S/C16H15N3O2S2/c1-10(2)23-12-7-5-11(6-8-12)15-18-19-16(21-15)17-14(20)13-4-3-9-22-13/h3-10H,1-2H3,(H,17,19,20). The first-order valence-electron chi connectivity index (χ1n) is 7.07. The van der Waals surface area contributed by atoms with Gasteiger partial charge in [-0.2, -0.15) is 0 Å². The van der Waals surface area contributed by atoms with E-state index < -0.39 is 0 Å². The molecule has 0 atom stereocenters. The van der Waals surface area contributed by atoms with Gasteiger partial charge >= 0.3 is 6.01 Å². The van der Waals surface area contributed by atoms with Gasteiger partial charge in [-0.1, -0.05) is 25.0 Å². The average Bonchev–Trinajstić information content (AvgIpc) is 3.18. The fourth-order valence-corrected chi connectivity index (χ4v) is 3.36. The number of thioether (sulfide) groups is 1. The maximum atomic E-state index is 11.9. The summed E-state index contributed by atoms with van der Waals surface area (Å²) in [5, 5.41) is 12.8. The van der Waals surface area contributed by atoms with E-state index in [2.05, 4.69) is 29.4 Å². The molecule has 2 heterocycles. The Morgan fingerprint density at radius 2 is 2.00 bits per heavy atom. The van der Waals surface area contributed by atoms with Crippen LogP contribution in [0.1, 0.15) is 23.5 Å². The lowest BCUT2D eigenvalue weighted by molar-refractivity contribution is 0.102. The number of nitrogens with one attached hydrogen (secondary N) is 1. The highest BCUT2D eigenvalue weighted by Crippen LogP contribution is 2.26. The van der Waals surface area contributed by atoms with Crippen molar-refractivity contribution in [1.82, 2.24) is 10.2 Å². The van der Waals surface area contributed by atoms with Gasteiger partial charge in [0.05, 0.1) is 4.88 Å². The van der Waals surface area contributed by atoms with Gasteiger partial charge in [-0.15, -0.1) is 28.2 Å². The van der Waals surface area contributed by atoms with Gasteiger partial charge in [0.1, 0.15) is 0 Å². The Hall–Kier alpha value is -2.12. The van der Waals surface area contributed by atoms with Crippen molar-refractivity contribution in [3.63, 3.8) is 0 Å². The molecule has 1 aromatic carbocycles. The molecule has 2 aromatic heterocycles. The molecule has 0 aliphatic carbocycles. The van der Waals surface area contributed by atoms with Crippen LogP contribution < -0.4 is 5.32 Å². The first kappa shape index (κ1) is 15.8. The van der Waals surface area contributed by atoms with E-state index in [4.69, 9.17) is 4.42 Å². The number of hydrogen-bond donors (Lipinski definition) is 1. The van der Waals surface area contributed by atoms with Crippen molar-refractivity contribution in [3.05, 3.63) is 46.7 Å². The van der Waals surface area contributed by atoms with Gasteiger partial charge in [0.15, 0.2) is 0 Å². The lowest BCUT2D eigenvalue weighted by Crippen LogP contribution is -2.10. The molecule has 0 spiro atoms. The van der Waals surface area contributed by atoms with Gasteiger partial charge in [0, 0.05) is 15.7 Å². The minimum Gasteiger partial charge on any atom is -0.403 e. The number of benzene rings is 1. The SMILES string of the molecule is CC(C)Sc1ccc(-c2nnc(NC(=O)c3cccs3)o2)cc1. The lowest BCUT2D eigenvalue weighted by atomic mass is 10.2. The van der Waals surface area contributed by atoms with Crippen LogP contribution in [0.4, 0.5) is 6.01 Å². The molecule has 0 bridgehead atoms. The fourth-order valence-electron chi connectivity index (χ4n) is 1.91. The van der Waals surface area contributed by atoms with E-state index in [0.29, 0.717) is 16.0 Å². The molecular weight excluding hydrogens is 330 g/mol. The van der Waals surface area contributed by atoms with Gasteiger partial charge < -0.3 is 4.42 Å². The van der Waals surface area contributed by atoms with E-state index in [-0.39, 0.29) is 11.9 Å². The summed E-state index contributed by atoms with van der Waals surface area (Å²) in [6, 6.07) is 11.6. The number of thiophene rings is 1. The molecule has 118 valence electrons. The Bertz CT molecular complexity index is 780. The average molecular weight is 345 g/mol. The quantitative estimate of drug-likeness (QED) is 0.687. The van der Waals surface area contributed by atoms with Gasteiger partial charge in [-0.05, 0) is 35.7 Å². The van der Waals surface area contributed by atoms with E-state index >= 15 is 0 Å². The summed E-state index contributed by atoms with van der Waals surface area (Å²) in [6.07, 6.45) is 0. The van der Waals surface area contributed by atoms with Crippen LogP contribution in [0.2, 0.25) is 0 Å². The molecule has 0 aliphatic heterocycles.